The smallest absolute Gasteiger partial charge is 0.221 e. The summed E-state index contributed by atoms with van der Waals surface area (Å²) in [6, 6.07) is 8.67. The molecular formula is C18H9Cl6NO. The summed E-state index contributed by atoms with van der Waals surface area (Å²) < 4.78 is 5.36. The van der Waals surface area contributed by atoms with Gasteiger partial charge in [0, 0.05) is 28.5 Å². The van der Waals surface area contributed by atoms with E-state index in [9.17, 15) is 0 Å². The van der Waals surface area contributed by atoms with Crippen LogP contribution in [0, 0.1) is 0 Å². The Labute approximate surface area is 180 Å². The maximum Gasteiger partial charge on any atom is 0.221 e. The second kappa shape index (κ2) is 8.02. The number of hydrogen-bond donors (Lipinski definition) is 0. The van der Waals surface area contributed by atoms with Crippen LogP contribution in [0.3, 0.4) is 0 Å². The molecule has 0 atom stereocenters. The third kappa shape index (κ3) is 3.60. The summed E-state index contributed by atoms with van der Waals surface area (Å²) in [5, 5.41) is 1.89. The van der Waals surface area contributed by atoms with Gasteiger partial charge in [0.1, 0.15) is 0 Å². The average molecular weight is 468 g/mol. The standard InChI is InChI=1S/C18H9Cl6NO/c1-26-18-11(10-3-5-13(20)17(24)15(10)22)6-8(7-25-18)9-2-4-12(19)16(23)14(9)21/h2-7H,1H3. The lowest BCUT2D eigenvalue weighted by molar-refractivity contribution is 0.400. The largest absolute Gasteiger partial charge is 0.481 e. The van der Waals surface area contributed by atoms with Crippen molar-refractivity contribution in [3.8, 4) is 28.1 Å². The highest BCUT2D eigenvalue weighted by atomic mass is 35.5. The Morgan fingerprint density at radius 1 is 0.692 bits per heavy atom. The minimum absolute atomic E-state index is 0.255. The van der Waals surface area contributed by atoms with Gasteiger partial charge in [0.25, 0.3) is 0 Å². The summed E-state index contributed by atoms with van der Waals surface area (Å²) in [6.07, 6.45) is 1.62. The zero-order valence-electron chi connectivity index (χ0n) is 13.1. The van der Waals surface area contributed by atoms with Crippen molar-refractivity contribution in [3.05, 3.63) is 66.7 Å². The van der Waals surface area contributed by atoms with Crippen molar-refractivity contribution in [2.45, 2.75) is 0 Å². The van der Waals surface area contributed by atoms with E-state index in [0.717, 1.165) is 0 Å². The number of ether oxygens (including phenoxy) is 1. The van der Waals surface area contributed by atoms with E-state index < -0.39 is 0 Å². The van der Waals surface area contributed by atoms with Gasteiger partial charge < -0.3 is 4.74 Å². The zero-order valence-corrected chi connectivity index (χ0v) is 17.6. The molecule has 0 bridgehead atoms. The molecule has 2 aromatic carbocycles. The summed E-state index contributed by atoms with van der Waals surface area (Å²) in [7, 11) is 1.52. The fourth-order valence-electron chi connectivity index (χ4n) is 2.44. The number of nitrogens with zero attached hydrogens (tertiary/aromatic N) is 1. The number of benzene rings is 2. The molecule has 1 heterocycles. The summed E-state index contributed by atoms with van der Waals surface area (Å²) in [5.74, 6) is 0.380. The van der Waals surface area contributed by atoms with Crippen LogP contribution in [0.5, 0.6) is 5.88 Å². The number of methoxy groups -OCH3 is 1. The van der Waals surface area contributed by atoms with E-state index in [1.165, 1.54) is 7.11 Å². The molecule has 0 N–H and O–H groups in total. The Morgan fingerprint density at radius 3 is 1.81 bits per heavy atom. The Bertz CT molecular complexity index is 1010. The molecule has 3 aromatic rings. The van der Waals surface area contributed by atoms with E-state index in [-0.39, 0.29) is 10.0 Å². The molecule has 0 fully saturated rings. The third-order valence-corrected chi connectivity index (χ3v) is 6.30. The molecule has 0 radical (unpaired) electrons. The Balaban J connectivity index is 2.24. The molecule has 0 saturated heterocycles. The van der Waals surface area contributed by atoms with Crippen molar-refractivity contribution in [1.29, 1.82) is 0 Å². The second-order valence-corrected chi connectivity index (χ2v) is 7.55. The highest BCUT2D eigenvalue weighted by molar-refractivity contribution is 6.50. The normalized spacial score (nSPS) is 10.9. The molecular weight excluding hydrogens is 459 g/mol. The van der Waals surface area contributed by atoms with Gasteiger partial charge in [0.15, 0.2) is 0 Å². The molecule has 0 unspecified atom stereocenters. The Kier molecular flexibility index (Phi) is 6.13. The van der Waals surface area contributed by atoms with Crippen molar-refractivity contribution < 1.29 is 4.74 Å². The van der Waals surface area contributed by atoms with Crippen LogP contribution >= 0.6 is 69.6 Å². The van der Waals surface area contributed by atoms with E-state index in [1.54, 1.807) is 30.5 Å². The molecule has 1 aromatic heterocycles. The van der Waals surface area contributed by atoms with Crippen molar-refractivity contribution in [1.82, 2.24) is 4.98 Å². The van der Waals surface area contributed by atoms with Crippen LogP contribution in [0.4, 0.5) is 0 Å². The van der Waals surface area contributed by atoms with Crippen molar-refractivity contribution >= 4 is 69.6 Å². The molecule has 3 rings (SSSR count). The first-order valence-electron chi connectivity index (χ1n) is 7.17. The molecule has 8 heteroatoms. The van der Waals surface area contributed by atoms with Crippen LogP contribution in [0.1, 0.15) is 0 Å². The van der Waals surface area contributed by atoms with Crippen molar-refractivity contribution in [2.24, 2.45) is 0 Å². The Hall–Kier alpha value is -0.870. The minimum Gasteiger partial charge on any atom is -0.481 e. The first-order chi connectivity index (χ1) is 12.3. The summed E-state index contributed by atoms with van der Waals surface area (Å²) in [4.78, 5) is 4.34. The molecule has 134 valence electrons. The van der Waals surface area contributed by atoms with Crippen LogP contribution < -0.4 is 4.74 Å². The number of hydrogen-bond acceptors (Lipinski definition) is 2. The van der Waals surface area contributed by atoms with Gasteiger partial charge in [-0.2, -0.15) is 0 Å². The highest BCUT2D eigenvalue weighted by Crippen LogP contribution is 2.43. The minimum atomic E-state index is 0.255. The number of halogens is 6. The van der Waals surface area contributed by atoms with E-state index in [4.69, 9.17) is 74.3 Å². The first kappa shape index (κ1) is 19.9. The summed E-state index contributed by atoms with van der Waals surface area (Å²) >= 11 is 37.1. The number of rotatable bonds is 3. The fraction of sp³-hybridized carbons (Fsp3) is 0.0556. The SMILES string of the molecule is COc1ncc(-c2ccc(Cl)c(Cl)c2Cl)cc1-c1ccc(Cl)c(Cl)c1Cl. The monoisotopic (exact) mass is 465 g/mol. The van der Waals surface area contributed by atoms with E-state index in [2.05, 4.69) is 4.98 Å². The second-order valence-electron chi connectivity index (χ2n) is 5.23. The lowest BCUT2D eigenvalue weighted by atomic mass is 10.0. The quantitative estimate of drug-likeness (QED) is 0.361. The van der Waals surface area contributed by atoms with Crippen LogP contribution in [0.15, 0.2) is 36.5 Å². The molecule has 0 amide bonds. The predicted molar refractivity (Wildman–Crippen MR) is 112 cm³/mol. The number of aromatic nitrogens is 1. The third-order valence-electron chi connectivity index (χ3n) is 3.72. The molecule has 0 aliphatic heterocycles. The van der Waals surface area contributed by atoms with Crippen LogP contribution in [0.2, 0.25) is 30.1 Å². The molecule has 0 aliphatic rings. The van der Waals surface area contributed by atoms with Crippen LogP contribution in [0.25, 0.3) is 22.3 Å². The number of pyridine rings is 1. The average Bonchev–Trinajstić information content (AvgIpc) is 2.64. The maximum absolute atomic E-state index is 6.37. The molecule has 2 nitrogen and oxygen atoms in total. The van der Waals surface area contributed by atoms with Crippen molar-refractivity contribution in [2.75, 3.05) is 7.11 Å². The van der Waals surface area contributed by atoms with Gasteiger partial charge in [-0.25, -0.2) is 4.98 Å². The van der Waals surface area contributed by atoms with E-state index in [0.29, 0.717) is 48.2 Å². The van der Waals surface area contributed by atoms with Gasteiger partial charge in [-0.3, -0.25) is 0 Å². The van der Waals surface area contributed by atoms with Crippen molar-refractivity contribution in [3.63, 3.8) is 0 Å². The van der Waals surface area contributed by atoms with E-state index in [1.807, 2.05) is 6.07 Å². The zero-order chi connectivity index (χ0) is 19.0. The van der Waals surface area contributed by atoms with E-state index >= 15 is 0 Å². The van der Waals surface area contributed by atoms with Crippen LogP contribution in [-0.4, -0.2) is 12.1 Å². The fourth-order valence-corrected chi connectivity index (χ4v) is 3.72. The topological polar surface area (TPSA) is 22.1 Å². The summed E-state index contributed by atoms with van der Waals surface area (Å²) in [6.45, 7) is 0. The van der Waals surface area contributed by atoms with Gasteiger partial charge in [0.2, 0.25) is 5.88 Å². The van der Waals surface area contributed by atoms with Gasteiger partial charge >= 0.3 is 0 Å². The molecule has 0 saturated carbocycles. The van der Waals surface area contributed by atoms with Crippen LogP contribution in [-0.2, 0) is 0 Å². The Morgan fingerprint density at radius 2 is 1.23 bits per heavy atom. The molecule has 26 heavy (non-hydrogen) atoms. The highest BCUT2D eigenvalue weighted by Gasteiger charge is 2.18. The predicted octanol–water partition coefficient (Wildman–Crippen LogP) is 8.34. The first-order valence-corrected chi connectivity index (χ1v) is 9.43. The van der Waals surface area contributed by atoms with Gasteiger partial charge in [-0.1, -0.05) is 81.7 Å². The summed E-state index contributed by atoms with van der Waals surface area (Å²) in [5.41, 5.74) is 2.65. The molecule has 0 aliphatic carbocycles. The maximum atomic E-state index is 6.37. The molecule has 0 spiro atoms. The van der Waals surface area contributed by atoms with Gasteiger partial charge in [-0.05, 0) is 18.2 Å². The van der Waals surface area contributed by atoms with Gasteiger partial charge in [-0.15, -0.1) is 0 Å². The van der Waals surface area contributed by atoms with Gasteiger partial charge in [0.05, 0.1) is 37.2 Å². The lowest BCUT2D eigenvalue weighted by Gasteiger charge is -2.14. The lowest BCUT2D eigenvalue weighted by Crippen LogP contribution is -1.94.